The molecule has 1 saturated heterocycles. The largest absolute Gasteiger partial charge is 0.481 e. The van der Waals surface area contributed by atoms with Gasteiger partial charge < -0.3 is 24.0 Å². The predicted molar refractivity (Wildman–Crippen MR) is 131 cm³/mol. The summed E-state index contributed by atoms with van der Waals surface area (Å²) in [6, 6.07) is 4.67. The second kappa shape index (κ2) is 10.2. The molecule has 2 fully saturated rings. The minimum atomic E-state index is -0.681. The van der Waals surface area contributed by atoms with E-state index in [1.165, 1.54) is 19.1 Å². The number of carboxylic acid groups (broad SMARTS) is 1. The monoisotopic (exact) mass is 483 g/mol. The quantitative estimate of drug-likeness (QED) is 0.650. The summed E-state index contributed by atoms with van der Waals surface area (Å²) >= 11 is 0. The number of hydrogen-bond acceptors (Lipinski definition) is 5. The van der Waals surface area contributed by atoms with Crippen LogP contribution in [0.15, 0.2) is 12.1 Å². The minimum absolute atomic E-state index is 0.248. The van der Waals surface area contributed by atoms with E-state index in [0.29, 0.717) is 31.8 Å². The van der Waals surface area contributed by atoms with Crippen molar-refractivity contribution in [1.82, 2.24) is 14.5 Å². The van der Waals surface area contributed by atoms with Gasteiger partial charge in [-0.25, -0.2) is 9.78 Å². The normalized spacial score (nSPS) is 25.8. The molecule has 1 saturated carbocycles. The molecule has 3 aliphatic rings. The van der Waals surface area contributed by atoms with Gasteiger partial charge in [0, 0.05) is 37.3 Å². The number of fused-ring (bicyclic) bond motifs is 3. The summed E-state index contributed by atoms with van der Waals surface area (Å²) in [5.41, 5.74) is 4.47. The van der Waals surface area contributed by atoms with Crippen molar-refractivity contribution in [3.63, 3.8) is 0 Å². The topological polar surface area (TPSA) is 93.9 Å². The Morgan fingerprint density at radius 1 is 1.23 bits per heavy atom. The third-order valence-electron chi connectivity index (χ3n) is 8.34. The summed E-state index contributed by atoms with van der Waals surface area (Å²) in [5, 5.41) is 9.48. The zero-order chi connectivity index (χ0) is 24.5. The number of methoxy groups -OCH3 is 1. The van der Waals surface area contributed by atoms with Crippen molar-refractivity contribution in [2.45, 2.75) is 76.8 Å². The van der Waals surface area contributed by atoms with Crippen molar-refractivity contribution in [1.29, 1.82) is 0 Å². The molecule has 3 heterocycles. The van der Waals surface area contributed by atoms with Crippen molar-refractivity contribution >= 4 is 23.1 Å². The molecule has 1 aliphatic carbocycles. The van der Waals surface area contributed by atoms with Crippen LogP contribution in [-0.2, 0) is 27.2 Å². The van der Waals surface area contributed by atoms with Crippen LogP contribution in [0.1, 0.15) is 80.8 Å². The van der Waals surface area contributed by atoms with Gasteiger partial charge in [0.25, 0.3) is 0 Å². The van der Waals surface area contributed by atoms with Crippen molar-refractivity contribution in [3.05, 3.63) is 29.1 Å². The van der Waals surface area contributed by atoms with Gasteiger partial charge in [-0.3, -0.25) is 4.79 Å². The van der Waals surface area contributed by atoms with Crippen LogP contribution in [0.5, 0.6) is 0 Å². The number of carbonyl (C=O) groups excluding carboxylic acids is 1. The number of amides is 1. The zero-order valence-electron chi connectivity index (χ0n) is 20.9. The van der Waals surface area contributed by atoms with Crippen molar-refractivity contribution < 1.29 is 24.2 Å². The van der Waals surface area contributed by atoms with E-state index in [9.17, 15) is 14.7 Å². The molecular weight excluding hydrogens is 446 g/mol. The molecule has 1 amide bonds. The number of benzene rings is 1. The average molecular weight is 484 g/mol. The molecule has 0 unspecified atom stereocenters. The fourth-order valence-corrected chi connectivity index (χ4v) is 6.43. The lowest BCUT2D eigenvalue weighted by molar-refractivity contribution is -0.142. The SMILES string of the molecule is COC(=O)N1CCc2ccc3c(nc([C@H]4CC[C@H](C(=O)O)CC4)n3[C@@H](C)C[C@H]3CCCOC3)c2C1. The Bertz CT molecular complexity index is 1080. The number of imidazole rings is 1. The Morgan fingerprint density at radius 2 is 2.03 bits per heavy atom. The lowest BCUT2D eigenvalue weighted by atomic mass is 9.81. The molecule has 8 nitrogen and oxygen atoms in total. The molecule has 5 rings (SSSR count). The van der Waals surface area contributed by atoms with Crippen LogP contribution < -0.4 is 0 Å². The fourth-order valence-electron chi connectivity index (χ4n) is 6.43. The highest BCUT2D eigenvalue weighted by molar-refractivity contribution is 5.82. The zero-order valence-corrected chi connectivity index (χ0v) is 20.9. The highest BCUT2D eigenvalue weighted by atomic mass is 16.5. The summed E-state index contributed by atoms with van der Waals surface area (Å²) < 4.78 is 13.2. The first-order chi connectivity index (χ1) is 17.0. The second-order valence-electron chi connectivity index (χ2n) is 10.6. The molecule has 2 atom stereocenters. The Kier molecular flexibility index (Phi) is 7.00. The van der Waals surface area contributed by atoms with Crippen LogP contribution in [0.25, 0.3) is 11.0 Å². The summed E-state index contributed by atoms with van der Waals surface area (Å²) in [4.78, 5) is 30.8. The number of hydrogen-bond donors (Lipinski definition) is 1. The Morgan fingerprint density at radius 3 is 2.71 bits per heavy atom. The molecule has 1 aromatic heterocycles. The highest BCUT2D eigenvalue weighted by Gasteiger charge is 2.33. The van der Waals surface area contributed by atoms with Gasteiger partial charge >= 0.3 is 12.1 Å². The highest BCUT2D eigenvalue weighted by Crippen LogP contribution is 2.40. The summed E-state index contributed by atoms with van der Waals surface area (Å²) in [5.74, 6) is 0.941. The maximum absolute atomic E-state index is 12.3. The second-order valence-corrected chi connectivity index (χ2v) is 10.6. The van der Waals surface area contributed by atoms with Gasteiger partial charge in [-0.05, 0) is 75.8 Å². The lowest BCUT2D eigenvalue weighted by Gasteiger charge is -2.30. The van der Waals surface area contributed by atoms with Crippen molar-refractivity contribution in [2.75, 3.05) is 26.9 Å². The first-order valence-electron chi connectivity index (χ1n) is 13.1. The van der Waals surface area contributed by atoms with E-state index in [-0.39, 0.29) is 24.0 Å². The van der Waals surface area contributed by atoms with Gasteiger partial charge in [-0.2, -0.15) is 0 Å². The maximum Gasteiger partial charge on any atom is 0.409 e. The van der Waals surface area contributed by atoms with E-state index in [4.69, 9.17) is 14.5 Å². The molecule has 1 aromatic carbocycles. The van der Waals surface area contributed by atoms with E-state index in [1.54, 1.807) is 4.90 Å². The number of nitrogens with zero attached hydrogens (tertiary/aromatic N) is 3. The standard InChI is InChI=1S/C27H37N3O5/c1-17(14-18-4-3-13-35-16-18)30-23-10-9-19-11-12-29(27(33)34-2)15-22(19)24(23)28-25(30)20-5-7-21(8-6-20)26(31)32/h9-10,17-18,20-21H,3-8,11-16H2,1-2H3,(H,31,32)/t17-,18+,20-,21-/m0/s1. The van der Waals surface area contributed by atoms with Gasteiger partial charge in [-0.15, -0.1) is 0 Å². The Balaban J connectivity index is 1.52. The van der Waals surface area contributed by atoms with Crippen molar-refractivity contribution in [2.24, 2.45) is 11.8 Å². The van der Waals surface area contributed by atoms with Crippen molar-refractivity contribution in [3.8, 4) is 0 Å². The Hall–Kier alpha value is -2.61. The molecule has 2 aromatic rings. The van der Waals surface area contributed by atoms with Crippen LogP contribution >= 0.6 is 0 Å². The molecule has 0 radical (unpaired) electrons. The van der Waals surface area contributed by atoms with Crippen LogP contribution in [0.3, 0.4) is 0 Å². The third-order valence-corrected chi connectivity index (χ3v) is 8.34. The van der Waals surface area contributed by atoms with Crippen LogP contribution in [0, 0.1) is 11.8 Å². The number of rotatable bonds is 5. The predicted octanol–water partition coefficient (Wildman–Crippen LogP) is 4.90. The van der Waals surface area contributed by atoms with E-state index >= 15 is 0 Å². The number of carboxylic acids is 1. The molecule has 1 N–H and O–H groups in total. The number of aliphatic carboxylic acids is 1. The van der Waals surface area contributed by atoms with E-state index in [0.717, 1.165) is 67.7 Å². The van der Waals surface area contributed by atoms with Crippen LogP contribution in [-0.4, -0.2) is 58.5 Å². The van der Waals surface area contributed by atoms with Gasteiger partial charge in [0.2, 0.25) is 0 Å². The summed E-state index contributed by atoms with van der Waals surface area (Å²) in [6.07, 6.45) is 6.92. The molecule has 190 valence electrons. The summed E-state index contributed by atoms with van der Waals surface area (Å²) in [6.45, 7) is 5.12. The van der Waals surface area contributed by atoms with Gasteiger partial charge in [-0.1, -0.05) is 6.07 Å². The smallest absolute Gasteiger partial charge is 0.409 e. The van der Waals surface area contributed by atoms with E-state index < -0.39 is 5.97 Å². The van der Waals surface area contributed by atoms with Crippen LogP contribution in [0.4, 0.5) is 4.79 Å². The first kappa shape index (κ1) is 24.1. The molecule has 8 heteroatoms. The molecule has 0 bridgehead atoms. The third kappa shape index (κ3) is 4.77. The molecular formula is C27H37N3O5. The van der Waals surface area contributed by atoms with Crippen LogP contribution in [0.2, 0.25) is 0 Å². The van der Waals surface area contributed by atoms with E-state index in [1.807, 2.05) is 0 Å². The van der Waals surface area contributed by atoms with Gasteiger partial charge in [0.05, 0.1) is 30.6 Å². The van der Waals surface area contributed by atoms with Gasteiger partial charge in [0.1, 0.15) is 5.82 Å². The van der Waals surface area contributed by atoms with E-state index in [2.05, 4.69) is 23.6 Å². The summed E-state index contributed by atoms with van der Waals surface area (Å²) in [7, 11) is 1.43. The fraction of sp³-hybridized carbons (Fsp3) is 0.667. The first-order valence-corrected chi connectivity index (χ1v) is 13.1. The molecule has 2 aliphatic heterocycles. The number of ether oxygens (including phenoxy) is 2. The minimum Gasteiger partial charge on any atom is -0.481 e. The maximum atomic E-state index is 12.3. The molecule has 35 heavy (non-hydrogen) atoms. The molecule has 0 spiro atoms. The lowest BCUT2D eigenvalue weighted by Crippen LogP contribution is -2.35. The average Bonchev–Trinajstić information content (AvgIpc) is 3.29. The number of carbonyl (C=O) groups is 2. The Labute approximate surface area is 206 Å². The number of aromatic nitrogens is 2. The van der Waals surface area contributed by atoms with Gasteiger partial charge in [0.15, 0.2) is 0 Å².